The van der Waals surface area contributed by atoms with Crippen LogP contribution in [0.5, 0.6) is 0 Å². The first-order valence-corrected chi connectivity index (χ1v) is 8.71. The minimum Gasteiger partial charge on any atom is -0.545 e. The number of nitrogens with zero attached hydrogens (tertiary/aromatic N) is 1. The third-order valence-corrected chi connectivity index (χ3v) is 4.15. The van der Waals surface area contributed by atoms with E-state index >= 15 is 0 Å². The predicted octanol–water partition coefficient (Wildman–Crippen LogP) is 2.31. The van der Waals surface area contributed by atoms with Gasteiger partial charge in [0.2, 0.25) is 0 Å². The number of anilines is 2. The summed E-state index contributed by atoms with van der Waals surface area (Å²) in [7, 11) is 1.27. The number of aromatic carboxylic acids is 1. The highest BCUT2D eigenvalue weighted by atomic mass is 16.5. The molecule has 8 heteroatoms. The molecule has 3 rings (SSSR count). The number of pyridine rings is 1. The van der Waals surface area contributed by atoms with Gasteiger partial charge in [0.25, 0.3) is 0 Å². The third kappa shape index (κ3) is 4.16. The van der Waals surface area contributed by atoms with Gasteiger partial charge in [-0.1, -0.05) is 12.1 Å². The fraction of sp³-hybridized carbons (Fsp3) is 0.143. The van der Waals surface area contributed by atoms with E-state index in [0.29, 0.717) is 22.3 Å². The molecule has 1 aromatic heterocycles. The van der Waals surface area contributed by atoms with Crippen molar-refractivity contribution in [1.29, 1.82) is 0 Å². The van der Waals surface area contributed by atoms with Crippen LogP contribution in [-0.4, -0.2) is 36.6 Å². The van der Waals surface area contributed by atoms with Crippen molar-refractivity contribution in [3.8, 4) is 0 Å². The van der Waals surface area contributed by atoms with Crippen LogP contribution < -0.4 is 10.4 Å². The Bertz CT molecular complexity index is 1110. The molecule has 0 radical (unpaired) electrons. The van der Waals surface area contributed by atoms with Gasteiger partial charge in [0.1, 0.15) is 5.56 Å². The van der Waals surface area contributed by atoms with Crippen LogP contribution in [0.25, 0.3) is 10.9 Å². The molecule has 0 unspecified atom stereocenters. The van der Waals surface area contributed by atoms with Crippen LogP contribution in [-0.2, 0) is 9.47 Å². The minimum absolute atomic E-state index is 0.0266. The van der Waals surface area contributed by atoms with Crippen molar-refractivity contribution in [3.63, 3.8) is 0 Å². The van der Waals surface area contributed by atoms with Gasteiger partial charge < -0.3 is 24.7 Å². The van der Waals surface area contributed by atoms with Crippen LogP contribution >= 0.6 is 0 Å². The molecule has 0 aliphatic carbocycles. The largest absolute Gasteiger partial charge is 0.545 e. The summed E-state index contributed by atoms with van der Waals surface area (Å²) in [6.45, 7) is 1.84. The van der Waals surface area contributed by atoms with E-state index in [1.165, 1.54) is 25.4 Å². The summed E-state index contributed by atoms with van der Waals surface area (Å²) in [4.78, 5) is 39.8. The van der Waals surface area contributed by atoms with Crippen LogP contribution in [0.1, 0.15) is 38.0 Å². The summed E-state index contributed by atoms with van der Waals surface area (Å²) in [6.07, 6.45) is 1.36. The molecule has 1 N–H and O–H groups in total. The molecule has 1 heterocycles. The maximum Gasteiger partial charge on any atom is 0.341 e. The van der Waals surface area contributed by atoms with E-state index < -0.39 is 17.9 Å². The molecular weight excluding hydrogens is 376 g/mol. The van der Waals surface area contributed by atoms with Gasteiger partial charge in [0.05, 0.1) is 36.5 Å². The molecule has 2 aromatic carbocycles. The average molecular weight is 393 g/mol. The number of nitrogens with one attached hydrogen (secondary N) is 1. The highest BCUT2D eigenvalue weighted by molar-refractivity contribution is 6.07. The number of carboxylic acid groups (broad SMARTS) is 1. The van der Waals surface area contributed by atoms with Crippen LogP contribution in [0, 0.1) is 0 Å². The first-order chi connectivity index (χ1) is 13.9. The van der Waals surface area contributed by atoms with Crippen molar-refractivity contribution in [2.45, 2.75) is 6.92 Å². The molecule has 0 bridgehead atoms. The maximum absolute atomic E-state index is 12.5. The van der Waals surface area contributed by atoms with Crippen molar-refractivity contribution in [3.05, 3.63) is 65.4 Å². The van der Waals surface area contributed by atoms with E-state index in [2.05, 4.69) is 10.3 Å². The van der Waals surface area contributed by atoms with Gasteiger partial charge in [-0.05, 0) is 42.8 Å². The second-order valence-corrected chi connectivity index (χ2v) is 5.98. The summed E-state index contributed by atoms with van der Waals surface area (Å²) in [5.41, 5.74) is 1.64. The van der Waals surface area contributed by atoms with E-state index in [1.54, 1.807) is 37.3 Å². The number of methoxy groups -OCH3 is 1. The molecule has 0 saturated heterocycles. The Hall–Kier alpha value is -3.94. The van der Waals surface area contributed by atoms with Gasteiger partial charge >= 0.3 is 11.9 Å². The Morgan fingerprint density at radius 3 is 2.55 bits per heavy atom. The first kappa shape index (κ1) is 19.8. The summed E-state index contributed by atoms with van der Waals surface area (Å²) in [5, 5.41) is 14.7. The Morgan fingerprint density at radius 1 is 1.07 bits per heavy atom. The van der Waals surface area contributed by atoms with Gasteiger partial charge in [0.15, 0.2) is 0 Å². The van der Waals surface area contributed by atoms with Crippen LogP contribution in [0.4, 0.5) is 11.4 Å². The monoisotopic (exact) mass is 393 g/mol. The Balaban J connectivity index is 2.20. The number of carbonyl (C=O) groups is 3. The van der Waals surface area contributed by atoms with Crippen molar-refractivity contribution < 1.29 is 29.0 Å². The van der Waals surface area contributed by atoms with Crippen LogP contribution in [0.15, 0.2) is 48.7 Å². The third-order valence-electron chi connectivity index (χ3n) is 4.15. The Labute approximate surface area is 166 Å². The molecule has 148 valence electrons. The SMILES string of the molecule is CCOC(=O)c1cnc2ccc(C(=O)OC)cc2c1Nc1cccc(C(=O)[O-])c1. The first-order valence-electron chi connectivity index (χ1n) is 8.71. The van der Waals surface area contributed by atoms with Crippen molar-refractivity contribution in [2.24, 2.45) is 0 Å². The fourth-order valence-electron chi connectivity index (χ4n) is 2.80. The number of fused-ring (bicyclic) bond motifs is 1. The quantitative estimate of drug-likeness (QED) is 0.634. The number of ether oxygens (including phenoxy) is 2. The van der Waals surface area contributed by atoms with Crippen LogP contribution in [0.2, 0.25) is 0 Å². The normalized spacial score (nSPS) is 10.4. The highest BCUT2D eigenvalue weighted by Crippen LogP contribution is 2.31. The molecule has 0 aliphatic heterocycles. The van der Waals surface area contributed by atoms with Gasteiger partial charge in [-0.3, -0.25) is 4.98 Å². The lowest BCUT2D eigenvalue weighted by atomic mass is 10.1. The molecule has 29 heavy (non-hydrogen) atoms. The standard InChI is InChI=1S/C21H18N2O6/c1-3-29-21(27)16-11-22-17-8-7-13(20(26)28-2)10-15(17)18(16)23-14-6-4-5-12(9-14)19(24)25/h4-11H,3H2,1-2H3,(H,22,23)(H,24,25)/p-1. The zero-order chi connectivity index (χ0) is 21.0. The van der Waals surface area contributed by atoms with Crippen molar-refractivity contribution in [2.75, 3.05) is 19.0 Å². The zero-order valence-corrected chi connectivity index (χ0v) is 15.7. The topological polar surface area (TPSA) is 118 Å². The van der Waals surface area contributed by atoms with E-state index in [-0.39, 0.29) is 23.3 Å². The smallest absolute Gasteiger partial charge is 0.341 e. The zero-order valence-electron chi connectivity index (χ0n) is 15.7. The van der Waals surface area contributed by atoms with E-state index in [1.807, 2.05) is 0 Å². The summed E-state index contributed by atoms with van der Waals surface area (Å²) in [5.74, 6) is -2.48. The van der Waals surface area contributed by atoms with Gasteiger partial charge in [-0.15, -0.1) is 0 Å². The lowest BCUT2D eigenvalue weighted by Crippen LogP contribution is -2.22. The molecule has 0 saturated carbocycles. The number of hydrogen-bond acceptors (Lipinski definition) is 8. The number of rotatable bonds is 6. The van der Waals surface area contributed by atoms with E-state index in [4.69, 9.17) is 9.47 Å². The minimum atomic E-state index is -1.33. The Kier molecular flexibility index (Phi) is 5.73. The summed E-state index contributed by atoms with van der Waals surface area (Å²) in [6, 6.07) is 10.7. The van der Waals surface area contributed by atoms with Crippen molar-refractivity contribution in [1.82, 2.24) is 4.98 Å². The lowest BCUT2D eigenvalue weighted by molar-refractivity contribution is -0.255. The molecule has 0 atom stereocenters. The highest BCUT2D eigenvalue weighted by Gasteiger charge is 2.18. The molecule has 0 aliphatic rings. The average Bonchev–Trinajstić information content (AvgIpc) is 2.73. The fourth-order valence-corrected chi connectivity index (χ4v) is 2.80. The van der Waals surface area contributed by atoms with E-state index in [9.17, 15) is 19.5 Å². The molecule has 0 fully saturated rings. The van der Waals surface area contributed by atoms with Crippen LogP contribution in [0.3, 0.4) is 0 Å². The van der Waals surface area contributed by atoms with Gasteiger partial charge in [0, 0.05) is 17.3 Å². The molecule has 0 amide bonds. The summed E-state index contributed by atoms with van der Waals surface area (Å²) < 4.78 is 9.86. The Morgan fingerprint density at radius 2 is 1.86 bits per heavy atom. The number of benzene rings is 2. The number of hydrogen-bond donors (Lipinski definition) is 1. The number of aromatic nitrogens is 1. The number of carboxylic acids is 1. The summed E-state index contributed by atoms with van der Waals surface area (Å²) >= 11 is 0. The van der Waals surface area contributed by atoms with Gasteiger partial charge in [-0.2, -0.15) is 0 Å². The molecule has 8 nitrogen and oxygen atoms in total. The molecule has 3 aromatic rings. The van der Waals surface area contributed by atoms with Crippen molar-refractivity contribution >= 4 is 40.2 Å². The number of esters is 2. The predicted molar refractivity (Wildman–Crippen MR) is 103 cm³/mol. The number of carbonyl (C=O) groups excluding carboxylic acids is 3. The molecular formula is C21H17N2O6-. The van der Waals surface area contributed by atoms with Gasteiger partial charge in [-0.25, -0.2) is 9.59 Å². The second-order valence-electron chi connectivity index (χ2n) is 5.98. The van der Waals surface area contributed by atoms with E-state index in [0.717, 1.165) is 0 Å². The second kappa shape index (κ2) is 8.39. The lowest BCUT2D eigenvalue weighted by Gasteiger charge is -2.15. The maximum atomic E-state index is 12.5. The molecule has 0 spiro atoms.